The van der Waals surface area contributed by atoms with E-state index >= 15 is 0 Å². The topological polar surface area (TPSA) is 83.5 Å². The Balaban J connectivity index is 0.00000480. The fourth-order valence-electron chi connectivity index (χ4n) is 3.21. The first-order chi connectivity index (χ1) is 14.4. The van der Waals surface area contributed by atoms with E-state index in [0.29, 0.717) is 32.7 Å². The van der Waals surface area contributed by atoms with Gasteiger partial charge in [0, 0.05) is 39.3 Å². The zero-order valence-electron chi connectivity index (χ0n) is 19.0. The lowest BCUT2D eigenvalue weighted by Gasteiger charge is -2.36. The minimum Gasteiger partial charge on any atom is -0.497 e. The van der Waals surface area contributed by atoms with Crippen molar-refractivity contribution in [1.82, 2.24) is 14.5 Å². The van der Waals surface area contributed by atoms with Crippen molar-refractivity contribution < 1.29 is 17.9 Å². The molecule has 0 aromatic heterocycles. The van der Waals surface area contributed by atoms with Crippen molar-refractivity contribution in [2.24, 2.45) is 4.99 Å². The van der Waals surface area contributed by atoms with Crippen LogP contribution in [-0.2, 0) is 21.2 Å². The molecule has 0 amide bonds. The molecule has 1 heterocycles. The summed E-state index contributed by atoms with van der Waals surface area (Å²) in [6, 6.07) is 8.01. The molecular formula is C21H37IN4O4S. The van der Waals surface area contributed by atoms with E-state index in [1.807, 2.05) is 45.0 Å². The second-order valence-corrected chi connectivity index (χ2v) is 9.54. The Kier molecular flexibility index (Phi) is 12.7. The average Bonchev–Trinajstić information content (AvgIpc) is 2.73. The maximum absolute atomic E-state index is 12.5. The Morgan fingerprint density at radius 3 is 2.35 bits per heavy atom. The molecule has 1 saturated heterocycles. The number of hydrogen-bond acceptors (Lipinski definition) is 5. The summed E-state index contributed by atoms with van der Waals surface area (Å²) in [5.41, 5.74) is 1.20. The second kappa shape index (κ2) is 14.1. The van der Waals surface area contributed by atoms with Gasteiger partial charge in [-0.3, -0.25) is 4.99 Å². The Labute approximate surface area is 204 Å². The molecule has 1 N–H and O–H groups in total. The highest BCUT2D eigenvalue weighted by molar-refractivity contribution is 14.0. The first-order valence-electron chi connectivity index (χ1n) is 10.6. The summed E-state index contributed by atoms with van der Waals surface area (Å²) in [5.74, 6) is 1.71. The molecule has 0 spiro atoms. The minimum absolute atomic E-state index is 0. The van der Waals surface area contributed by atoms with Crippen molar-refractivity contribution in [2.45, 2.75) is 33.3 Å². The molecule has 10 heteroatoms. The number of rotatable bonds is 10. The molecule has 1 aliphatic heterocycles. The van der Waals surface area contributed by atoms with Crippen molar-refractivity contribution in [2.75, 3.05) is 58.7 Å². The summed E-state index contributed by atoms with van der Waals surface area (Å²) in [7, 11) is -1.63. The largest absolute Gasteiger partial charge is 0.497 e. The molecule has 1 aromatic carbocycles. The predicted octanol–water partition coefficient (Wildman–Crippen LogP) is 2.19. The Morgan fingerprint density at radius 2 is 1.81 bits per heavy atom. The number of guanidine groups is 1. The van der Waals surface area contributed by atoms with Crippen LogP contribution >= 0.6 is 24.0 Å². The molecule has 1 aliphatic rings. The number of nitrogens with one attached hydrogen (secondary N) is 1. The summed E-state index contributed by atoms with van der Waals surface area (Å²) >= 11 is 0. The van der Waals surface area contributed by atoms with Gasteiger partial charge in [-0.15, -0.1) is 24.0 Å². The molecule has 31 heavy (non-hydrogen) atoms. The van der Waals surface area contributed by atoms with Crippen LogP contribution in [-0.4, -0.2) is 88.4 Å². The van der Waals surface area contributed by atoms with Crippen molar-refractivity contribution in [3.05, 3.63) is 29.8 Å². The maximum Gasteiger partial charge on any atom is 0.216 e. The van der Waals surface area contributed by atoms with E-state index in [-0.39, 0.29) is 42.4 Å². The normalized spacial score (nSPS) is 15.6. The van der Waals surface area contributed by atoms with Crippen LogP contribution in [0.3, 0.4) is 0 Å². The molecule has 0 aliphatic carbocycles. The number of sulfonamides is 1. The Hall–Kier alpha value is -1.11. The van der Waals surface area contributed by atoms with Crippen LogP contribution in [0.1, 0.15) is 26.3 Å². The van der Waals surface area contributed by atoms with Gasteiger partial charge in [-0.05, 0) is 44.9 Å². The van der Waals surface area contributed by atoms with Crippen molar-refractivity contribution in [3.8, 4) is 5.75 Å². The second-order valence-electron chi connectivity index (χ2n) is 7.46. The van der Waals surface area contributed by atoms with E-state index in [1.54, 1.807) is 11.4 Å². The molecule has 1 fully saturated rings. The number of piperazine rings is 1. The summed E-state index contributed by atoms with van der Waals surface area (Å²) < 4.78 is 37.2. The number of halogens is 1. The standard InChI is InChI=1S/C21H36N4O4S.HI/c1-5-22-21(23-11-10-19-6-8-20(28-4)9-7-19)24-12-14-25(15-13-24)30(26,27)17-16-29-18(2)3;/h6-9,18H,5,10-17H2,1-4H3,(H,22,23);1H. The third-order valence-corrected chi connectivity index (χ3v) is 6.71. The lowest BCUT2D eigenvalue weighted by Crippen LogP contribution is -2.54. The smallest absolute Gasteiger partial charge is 0.216 e. The van der Waals surface area contributed by atoms with Crippen molar-refractivity contribution in [1.29, 1.82) is 0 Å². The lowest BCUT2D eigenvalue weighted by atomic mass is 10.1. The third-order valence-electron chi connectivity index (χ3n) is 4.88. The Bertz CT molecular complexity index is 764. The van der Waals surface area contributed by atoms with Gasteiger partial charge in [-0.1, -0.05) is 12.1 Å². The van der Waals surface area contributed by atoms with Gasteiger partial charge in [0.05, 0.1) is 25.6 Å². The van der Waals surface area contributed by atoms with Gasteiger partial charge in [0.2, 0.25) is 10.0 Å². The molecule has 0 saturated carbocycles. The van der Waals surface area contributed by atoms with Gasteiger partial charge in [-0.2, -0.15) is 4.31 Å². The monoisotopic (exact) mass is 568 g/mol. The van der Waals surface area contributed by atoms with Gasteiger partial charge in [0.25, 0.3) is 0 Å². The SMILES string of the molecule is CCNC(=NCCc1ccc(OC)cc1)N1CCN(S(=O)(=O)CCOC(C)C)CC1.I. The molecule has 8 nitrogen and oxygen atoms in total. The van der Waals surface area contributed by atoms with E-state index in [1.165, 1.54) is 5.56 Å². The van der Waals surface area contributed by atoms with Crippen molar-refractivity contribution in [3.63, 3.8) is 0 Å². The van der Waals surface area contributed by atoms with E-state index in [4.69, 9.17) is 14.5 Å². The first-order valence-corrected chi connectivity index (χ1v) is 12.2. The maximum atomic E-state index is 12.5. The van der Waals surface area contributed by atoms with Crippen LogP contribution in [0.2, 0.25) is 0 Å². The van der Waals surface area contributed by atoms with Crippen LogP contribution < -0.4 is 10.1 Å². The van der Waals surface area contributed by atoms with Crippen LogP contribution in [0.15, 0.2) is 29.3 Å². The summed E-state index contributed by atoms with van der Waals surface area (Å²) in [6.45, 7) is 9.69. The number of ether oxygens (including phenoxy) is 2. The van der Waals surface area contributed by atoms with Gasteiger partial charge in [0.1, 0.15) is 5.75 Å². The molecule has 1 aromatic rings. The van der Waals surface area contributed by atoms with E-state index < -0.39 is 10.0 Å². The van der Waals surface area contributed by atoms with E-state index in [2.05, 4.69) is 10.2 Å². The van der Waals surface area contributed by atoms with Gasteiger partial charge in [0.15, 0.2) is 5.96 Å². The molecule has 0 unspecified atom stereocenters. The fraction of sp³-hybridized carbons (Fsp3) is 0.667. The fourth-order valence-corrected chi connectivity index (χ4v) is 4.49. The van der Waals surface area contributed by atoms with Crippen LogP contribution in [0, 0.1) is 0 Å². The minimum atomic E-state index is -3.29. The van der Waals surface area contributed by atoms with E-state index in [0.717, 1.165) is 24.7 Å². The molecule has 0 bridgehead atoms. The highest BCUT2D eigenvalue weighted by atomic mass is 127. The molecule has 178 valence electrons. The summed E-state index contributed by atoms with van der Waals surface area (Å²) in [5, 5.41) is 3.33. The van der Waals surface area contributed by atoms with Crippen LogP contribution in [0.5, 0.6) is 5.75 Å². The molecule has 0 atom stereocenters. The van der Waals surface area contributed by atoms with Gasteiger partial charge >= 0.3 is 0 Å². The molecule has 2 rings (SSSR count). The number of methoxy groups -OCH3 is 1. The molecule has 0 radical (unpaired) electrons. The van der Waals surface area contributed by atoms with Crippen molar-refractivity contribution >= 4 is 40.0 Å². The first kappa shape index (κ1) is 27.9. The van der Waals surface area contributed by atoms with E-state index in [9.17, 15) is 8.42 Å². The third kappa shape index (κ3) is 9.50. The zero-order chi connectivity index (χ0) is 22.0. The number of hydrogen-bond donors (Lipinski definition) is 1. The van der Waals surface area contributed by atoms with Crippen LogP contribution in [0.4, 0.5) is 0 Å². The predicted molar refractivity (Wildman–Crippen MR) is 136 cm³/mol. The summed E-state index contributed by atoms with van der Waals surface area (Å²) in [4.78, 5) is 6.88. The quantitative estimate of drug-likeness (QED) is 0.265. The zero-order valence-corrected chi connectivity index (χ0v) is 22.2. The van der Waals surface area contributed by atoms with Gasteiger partial charge < -0.3 is 19.7 Å². The summed E-state index contributed by atoms with van der Waals surface area (Å²) in [6.07, 6.45) is 0.872. The average molecular weight is 569 g/mol. The van der Waals surface area contributed by atoms with Gasteiger partial charge in [-0.25, -0.2) is 8.42 Å². The van der Waals surface area contributed by atoms with Crippen LogP contribution in [0.25, 0.3) is 0 Å². The number of benzene rings is 1. The number of nitrogens with zero attached hydrogens (tertiary/aromatic N) is 3. The highest BCUT2D eigenvalue weighted by Gasteiger charge is 2.27. The number of aliphatic imine (C=N–C) groups is 1. The molecular weight excluding hydrogens is 531 g/mol. The lowest BCUT2D eigenvalue weighted by molar-refractivity contribution is 0.0904. The highest BCUT2D eigenvalue weighted by Crippen LogP contribution is 2.12. The Morgan fingerprint density at radius 1 is 1.16 bits per heavy atom.